The highest BCUT2D eigenvalue weighted by molar-refractivity contribution is 7.92. The molecule has 0 aliphatic carbocycles. The number of aromatic carboxylic acids is 1. The number of rotatable bonds is 4. The Morgan fingerprint density at radius 3 is 2.48 bits per heavy atom. The van der Waals surface area contributed by atoms with Gasteiger partial charge >= 0.3 is 5.97 Å². The highest BCUT2D eigenvalue weighted by Gasteiger charge is 2.26. The molecule has 0 bridgehead atoms. The molecule has 8 heteroatoms. The van der Waals surface area contributed by atoms with Gasteiger partial charge in [0.1, 0.15) is 10.6 Å². The minimum atomic E-state index is -3.89. The molecule has 0 atom stereocenters. The average Bonchev–Trinajstić information content (AvgIpc) is 2.64. The summed E-state index contributed by atoms with van der Waals surface area (Å²) in [5, 5.41) is 9.04. The first-order chi connectivity index (χ1) is 9.72. The zero-order valence-corrected chi connectivity index (χ0v) is 12.6. The molecule has 0 saturated heterocycles. The Bertz CT molecular complexity index is 809. The molecule has 112 valence electrons. The van der Waals surface area contributed by atoms with Crippen LogP contribution in [0.2, 0.25) is 0 Å². The van der Waals surface area contributed by atoms with Crippen molar-refractivity contribution in [3.8, 4) is 0 Å². The van der Waals surface area contributed by atoms with Crippen LogP contribution in [0.3, 0.4) is 0 Å². The zero-order chi connectivity index (χ0) is 15.8. The van der Waals surface area contributed by atoms with Crippen LogP contribution in [0.15, 0.2) is 23.4 Å². The molecule has 2 aromatic heterocycles. The molecule has 0 radical (unpaired) electrons. The van der Waals surface area contributed by atoms with Crippen LogP contribution in [0.1, 0.15) is 27.3 Å². The molecule has 2 heterocycles. The van der Waals surface area contributed by atoms with Crippen molar-refractivity contribution in [3.63, 3.8) is 0 Å². The van der Waals surface area contributed by atoms with Gasteiger partial charge in [0, 0.05) is 17.5 Å². The fraction of sp³-hybridized carbons (Fsp3) is 0.231. The zero-order valence-electron chi connectivity index (χ0n) is 11.8. The van der Waals surface area contributed by atoms with Crippen LogP contribution in [0, 0.1) is 20.8 Å². The lowest BCUT2D eigenvalue weighted by atomic mass is 10.2. The third-order valence-corrected chi connectivity index (χ3v) is 4.63. The van der Waals surface area contributed by atoms with E-state index >= 15 is 0 Å². The number of hydrogen-bond donors (Lipinski definition) is 3. The third kappa shape index (κ3) is 2.89. The second-order valence-corrected chi connectivity index (χ2v) is 6.36. The average molecular weight is 309 g/mol. The van der Waals surface area contributed by atoms with Gasteiger partial charge in [-0.1, -0.05) is 0 Å². The SMILES string of the molecule is Cc1cncc(NS(=O)(=O)c2c(C)[nH]c(C(=O)O)c2C)c1. The molecular weight excluding hydrogens is 294 g/mol. The predicted molar refractivity (Wildman–Crippen MR) is 77.0 cm³/mol. The van der Waals surface area contributed by atoms with Crippen LogP contribution < -0.4 is 4.72 Å². The summed E-state index contributed by atoms with van der Waals surface area (Å²) < 4.78 is 27.3. The fourth-order valence-electron chi connectivity index (χ4n) is 2.17. The molecule has 3 N–H and O–H groups in total. The van der Waals surface area contributed by atoms with E-state index in [-0.39, 0.29) is 21.8 Å². The van der Waals surface area contributed by atoms with Crippen LogP contribution in [0.5, 0.6) is 0 Å². The maximum absolute atomic E-state index is 12.4. The predicted octanol–water partition coefficient (Wildman–Crippen LogP) is 1.83. The van der Waals surface area contributed by atoms with Crippen molar-refractivity contribution in [3.05, 3.63) is 41.0 Å². The largest absolute Gasteiger partial charge is 0.477 e. The van der Waals surface area contributed by atoms with Gasteiger partial charge < -0.3 is 10.1 Å². The molecule has 0 aliphatic heterocycles. The van der Waals surface area contributed by atoms with E-state index < -0.39 is 16.0 Å². The van der Waals surface area contributed by atoms with Crippen LogP contribution in [0.25, 0.3) is 0 Å². The summed E-state index contributed by atoms with van der Waals surface area (Å²) in [6.07, 6.45) is 2.99. The number of sulfonamides is 1. The summed E-state index contributed by atoms with van der Waals surface area (Å²) >= 11 is 0. The number of hydrogen-bond acceptors (Lipinski definition) is 4. The van der Waals surface area contributed by atoms with E-state index in [4.69, 9.17) is 5.11 Å². The number of aromatic nitrogens is 2. The number of carboxylic acids is 1. The van der Waals surface area contributed by atoms with Crippen LogP contribution >= 0.6 is 0 Å². The minimum Gasteiger partial charge on any atom is -0.477 e. The van der Waals surface area contributed by atoms with Gasteiger partial charge in [-0.15, -0.1) is 0 Å². The quantitative estimate of drug-likeness (QED) is 0.797. The van der Waals surface area contributed by atoms with E-state index in [1.165, 1.54) is 20.0 Å². The topological polar surface area (TPSA) is 112 Å². The van der Waals surface area contributed by atoms with E-state index in [0.717, 1.165) is 5.56 Å². The number of pyridine rings is 1. The third-order valence-electron chi connectivity index (χ3n) is 2.98. The van der Waals surface area contributed by atoms with Crippen LogP contribution in [-0.2, 0) is 10.0 Å². The summed E-state index contributed by atoms with van der Waals surface area (Å²) in [6, 6.07) is 1.64. The molecule has 0 aromatic carbocycles. The molecule has 0 unspecified atom stereocenters. The van der Waals surface area contributed by atoms with Gasteiger partial charge in [-0.25, -0.2) is 13.2 Å². The second-order valence-electron chi connectivity index (χ2n) is 4.74. The van der Waals surface area contributed by atoms with Crippen LogP contribution in [0.4, 0.5) is 5.69 Å². The van der Waals surface area contributed by atoms with E-state index in [9.17, 15) is 13.2 Å². The van der Waals surface area contributed by atoms with Gasteiger partial charge in [-0.2, -0.15) is 0 Å². The van der Waals surface area contributed by atoms with Crippen molar-refractivity contribution in [1.82, 2.24) is 9.97 Å². The van der Waals surface area contributed by atoms with Gasteiger partial charge in [-0.05, 0) is 32.4 Å². The lowest BCUT2D eigenvalue weighted by Crippen LogP contribution is -2.15. The Hall–Kier alpha value is -2.35. The van der Waals surface area contributed by atoms with Crippen molar-refractivity contribution in [2.24, 2.45) is 0 Å². The normalized spacial score (nSPS) is 11.4. The van der Waals surface area contributed by atoms with Gasteiger partial charge in [0.05, 0.1) is 11.9 Å². The highest BCUT2D eigenvalue weighted by Crippen LogP contribution is 2.25. The van der Waals surface area contributed by atoms with E-state index in [1.807, 2.05) is 0 Å². The summed E-state index contributed by atoms with van der Waals surface area (Å²) in [4.78, 5) is 17.5. The molecular formula is C13H15N3O4S. The number of carboxylic acid groups (broad SMARTS) is 1. The van der Waals surface area contributed by atoms with Crippen molar-refractivity contribution in [2.75, 3.05) is 4.72 Å². The molecule has 0 fully saturated rings. The first-order valence-corrected chi connectivity index (χ1v) is 7.57. The molecule has 0 aliphatic rings. The molecule has 2 rings (SSSR count). The molecule has 7 nitrogen and oxygen atoms in total. The van der Waals surface area contributed by atoms with Crippen molar-refractivity contribution < 1.29 is 18.3 Å². The Kier molecular flexibility index (Phi) is 3.73. The Morgan fingerprint density at radius 1 is 1.29 bits per heavy atom. The summed E-state index contributed by atoms with van der Waals surface area (Å²) in [5.41, 5.74) is 1.46. The van der Waals surface area contributed by atoms with Gasteiger partial charge in [0.25, 0.3) is 10.0 Å². The van der Waals surface area contributed by atoms with E-state index in [0.29, 0.717) is 5.69 Å². The molecule has 2 aromatic rings. The first-order valence-electron chi connectivity index (χ1n) is 6.09. The molecule has 21 heavy (non-hydrogen) atoms. The Balaban J connectivity index is 2.48. The Morgan fingerprint density at radius 2 is 1.95 bits per heavy atom. The second kappa shape index (κ2) is 5.21. The number of aromatic amines is 1. The number of aryl methyl sites for hydroxylation is 2. The van der Waals surface area contributed by atoms with Crippen molar-refractivity contribution >= 4 is 21.7 Å². The van der Waals surface area contributed by atoms with Gasteiger partial charge in [0.15, 0.2) is 0 Å². The smallest absolute Gasteiger partial charge is 0.352 e. The summed E-state index contributed by atoms with van der Waals surface area (Å²) in [7, 11) is -3.89. The number of nitrogens with one attached hydrogen (secondary N) is 2. The molecule has 0 spiro atoms. The summed E-state index contributed by atoms with van der Waals surface area (Å²) in [5.74, 6) is -1.20. The Labute approximate surface area is 122 Å². The monoisotopic (exact) mass is 309 g/mol. The standard InChI is InChI=1S/C13H15N3O4S/c1-7-4-10(6-14-5-7)16-21(19,20)12-8(2)11(13(17)18)15-9(12)3/h4-6,15-16H,1-3H3,(H,17,18). The maximum atomic E-state index is 12.4. The lowest BCUT2D eigenvalue weighted by molar-refractivity contribution is 0.0690. The van der Waals surface area contributed by atoms with Crippen molar-refractivity contribution in [2.45, 2.75) is 25.7 Å². The van der Waals surface area contributed by atoms with Crippen LogP contribution in [-0.4, -0.2) is 29.5 Å². The molecule has 0 amide bonds. The van der Waals surface area contributed by atoms with Crippen molar-refractivity contribution in [1.29, 1.82) is 0 Å². The van der Waals surface area contributed by atoms with Gasteiger partial charge in [0.2, 0.25) is 0 Å². The number of anilines is 1. The van der Waals surface area contributed by atoms with Gasteiger partial charge in [-0.3, -0.25) is 9.71 Å². The number of H-pyrrole nitrogens is 1. The van der Waals surface area contributed by atoms with E-state index in [1.54, 1.807) is 19.2 Å². The highest BCUT2D eigenvalue weighted by atomic mass is 32.2. The number of nitrogens with zero attached hydrogens (tertiary/aromatic N) is 1. The first kappa shape index (κ1) is 15.0. The lowest BCUT2D eigenvalue weighted by Gasteiger charge is -2.09. The summed E-state index contributed by atoms with van der Waals surface area (Å²) in [6.45, 7) is 4.76. The number of carbonyl (C=O) groups is 1. The minimum absolute atomic E-state index is 0.0543. The maximum Gasteiger partial charge on any atom is 0.352 e. The fourth-order valence-corrected chi connectivity index (χ4v) is 3.65. The molecule has 0 saturated carbocycles. The van der Waals surface area contributed by atoms with E-state index in [2.05, 4.69) is 14.7 Å².